The van der Waals surface area contributed by atoms with E-state index in [-0.39, 0.29) is 24.0 Å². The molecule has 0 saturated heterocycles. The smallest absolute Gasteiger partial charge is 0.191 e. The summed E-state index contributed by atoms with van der Waals surface area (Å²) in [7, 11) is 1.68. The van der Waals surface area contributed by atoms with Crippen LogP contribution >= 0.6 is 24.0 Å². The topological polar surface area (TPSA) is 76.4 Å². The molecule has 154 valence electrons. The van der Waals surface area contributed by atoms with Crippen LogP contribution in [0.3, 0.4) is 0 Å². The summed E-state index contributed by atoms with van der Waals surface area (Å²) in [6.07, 6.45) is 8.57. The van der Waals surface area contributed by atoms with Crippen molar-refractivity contribution in [3.8, 4) is 0 Å². The number of methoxy groups -OCH3 is 1. The first kappa shape index (κ1) is 22.4. The maximum Gasteiger partial charge on any atom is 0.191 e. The minimum absolute atomic E-state index is 0. The molecule has 2 heterocycles. The first-order valence-electron chi connectivity index (χ1n) is 10.1. The third kappa shape index (κ3) is 5.79. The Hall–Kier alpha value is -0.900. The molecule has 1 saturated carbocycles. The molecule has 27 heavy (non-hydrogen) atoms. The minimum atomic E-state index is 0. The van der Waals surface area contributed by atoms with Gasteiger partial charge in [0, 0.05) is 32.7 Å². The number of nitrogens with one attached hydrogen (secondary N) is 2. The van der Waals surface area contributed by atoms with E-state index in [9.17, 15) is 0 Å². The van der Waals surface area contributed by atoms with Crippen LogP contribution in [-0.2, 0) is 24.3 Å². The Bertz CT molecular complexity index is 611. The van der Waals surface area contributed by atoms with Crippen LogP contribution in [0.1, 0.15) is 64.0 Å². The molecule has 1 aliphatic carbocycles. The summed E-state index contributed by atoms with van der Waals surface area (Å²) >= 11 is 0. The molecular weight excluding hydrogens is 455 g/mol. The van der Waals surface area contributed by atoms with Gasteiger partial charge in [0.1, 0.15) is 12.4 Å². The Labute approximate surface area is 180 Å². The minimum Gasteiger partial charge on any atom is -0.377 e. The third-order valence-corrected chi connectivity index (χ3v) is 5.85. The highest BCUT2D eigenvalue weighted by atomic mass is 127. The molecule has 0 spiro atoms. The number of hydrogen-bond donors (Lipinski definition) is 2. The number of hydrogen-bond acceptors (Lipinski definition) is 4. The van der Waals surface area contributed by atoms with Crippen LogP contribution in [0.25, 0.3) is 0 Å². The summed E-state index contributed by atoms with van der Waals surface area (Å²) in [5.74, 6) is 2.78. The predicted octanol–water partition coefficient (Wildman–Crippen LogP) is 2.88. The summed E-state index contributed by atoms with van der Waals surface area (Å²) < 4.78 is 7.16. The first-order valence-corrected chi connectivity index (χ1v) is 10.1. The van der Waals surface area contributed by atoms with Gasteiger partial charge in [0.15, 0.2) is 11.8 Å². The molecular formula is C19H35IN6O. The quantitative estimate of drug-likeness (QED) is 0.349. The average Bonchev–Trinajstić information content (AvgIpc) is 3.27. The van der Waals surface area contributed by atoms with E-state index in [0.29, 0.717) is 18.1 Å². The van der Waals surface area contributed by atoms with Crippen molar-refractivity contribution in [1.82, 2.24) is 25.4 Å². The second-order valence-corrected chi connectivity index (χ2v) is 7.70. The lowest BCUT2D eigenvalue weighted by atomic mass is 9.84. The van der Waals surface area contributed by atoms with E-state index < -0.39 is 0 Å². The fraction of sp³-hybridized carbons (Fsp3) is 0.842. The number of guanidine groups is 1. The zero-order chi connectivity index (χ0) is 18.4. The molecule has 0 aromatic carbocycles. The van der Waals surface area contributed by atoms with Crippen molar-refractivity contribution in [3.63, 3.8) is 0 Å². The second kappa shape index (κ2) is 10.6. The van der Waals surface area contributed by atoms with Crippen LogP contribution in [0.5, 0.6) is 0 Å². The molecule has 7 nitrogen and oxygen atoms in total. The lowest BCUT2D eigenvalue weighted by Crippen LogP contribution is -2.47. The molecule has 8 heteroatoms. The van der Waals surface area contributed by atoms with Crippen LogP contribution < -0.4 is 10.6 Å². The fourth-order valence-corrected chi connectivity index (χ4v) is 4.18. The Kier molecular flexibility index (Phi) is 8.78. The van der Waals surface area contributed by atoms with Gasteiger partial charge < -0.3 is 15.4 Å². The number of nitrogens with zero attached hydrogens (tertiary/aromatic N) is 4. The summed E-state index contributed by atoms with van der Waals surface area (Å²) in [6.45, 7) is 7.54. The van der Waals surface area contributed by atoms with Gasteiger partial charge in [-0.1, -0.05) is 19.8 Å². The summed E-state index contributed by atoms with van der Waals surface area (Å²) in [4.78, 5) is 9.50. The van der Waals surface area contributed by atoms with Crippen molar-refractivity contribution >= 4 is 29.9 Å². The van der Waals surface area contributed by atoms with Gasteiger partial charge in [0.2, 0.25) is 0 Å². The summed E-state index contributed by atoms with van der Waals surface area (Å²) in [5.41, 5.74) is 0.420. The van der Waals surface area contributed by atoms with Crippen molar-refractivity contribution in [2.24, 2.45) is 10.4 Å². The van der Waals surface area contributed by atoms with Gasteiger partial charge in [-0.25, -0.2) is 9.67 Å². The number of fused-ring (bicyclic) bond motifs is 1. The van der Waals surface area contributed by atoms with Crippen LogP contribution in [0.2, 0.25) is 0 Å². The average molecular weight is 490 g/mol. The van der Waals surface area contributed by atoms with Crippen LogP contribution in [-0.4, -0.2) is 47.0 Å². The highest BCUT2D eigenvalue weighted by Gasteiger charge is 2.32. The van der Waals surface area contributed by atoms with Gasteiger partial charge in [-0.3, -0.25) is 4.99 Å². The molecule has 1 aromatic rings. The molecule has 1 atom stereocenters. The van der Waals surface area contributed by atoms with Gasteiger partial charge >= 0.3 is 0 Å². The summed E-state index contributed by atoms with van der Waals surface area (Å²) in [5, 5.41) is 11.6. The van der Waals surface area contributed by atoms with E-state index in [4.69, 9.17) is 9.73 Å². The van der Waals surface area contributed by atoms with E-state index >= 15 is 0 Å². The maximum atomic E-state index is 5.15. The lowest BCUT2D eigenvalue weighted by molar-refractivity contribution is 0.177. The molecule has 0 bridgehead atoms. The summed E-state index contributed by atoms with van der Waals surface area (Å²) in [6, 6.07) is 0.332. The number of aromatic nitrogens is 3. The molecule has 1 aromatic heterocycles. The highest BCUT2D eigenvalue weighted by Crippen LogP contribution is 2.41. The Balaban J connectivity index is 0.00000261. The lowest BCUT2D eigenvalue weighted by Gasteiger charge is -2.28. The molecule has 3 rings (SSSR count). The maximum absolute atomic E-state index is 5.15. The number of halogens is 1. The van der Waals surface area contributed by atoms with Gasteiger partial charge in [-0.2, -0.15) is 5.10 Å². The van der Waals surface area contributed by atoms with E-state index in [1.54, 1.807) is 7.11 Å². The Morgan fingerprint density at radius 1 is 1.33 bits per heavy atom. The van der Waals surface area contributed by atoms with Gasteiger partial charge in [-0.05, 0) is 38.0 Å². The van der Waals surface area contributed by atoms with Gasteiger partial charge in [0.05, 0.1) is 6.54 Å². The molecule has 2 aliphatic rings. The SMILES string of the molecule is CCNC(=NCC1(CC)CCCC1)NC1CCc2nc(COC)nn2C1.I. The zero-order valence-corrected chi connectivity index (χ0v) is 19.3. The molecule has 0 amide bonds. The third-order valence-electron chi connectivity index (χ3n) is 5.85. The monoisotopic (exact) mass is 490 g/mol. The largest absolute Gasteiger partial charge is 0.377 e. The number of aryl methyl sites for hydroxylation is 1. The van der Waals surface area contributed by atoms with E-state index in [2.05, 4.69) is 34.6 Å². The van der Waals surface area contributed by atoms with E-state index in [1.807, 2.05) is 4.68 Å². The standard InChI is InChI=1S/C19H34N6O.HI/c1-4-19(10-6-7-11-19)14-21-18(20-5-2)22-15-8-9-17-23-16(13-26-3)24-25(17)12-15;/h15H,4-14H2,1-3H3,(H2,20,21,22);1H. The van der Waals surface area contributed by atoms with E-state index in [0.717, 1.165) is 50.1 Å². The normalized spacial score (nSPS) is 21.4. The van der Waals surface area contributed by atoms with Crippen molar-refractivity contribution in [2.75, 3.05) is 20.2 Å². The van der Waals surface area contributed by atoms with Crippen molar-refractivity contribution < 1.29 is 4.74 Å². The zero-order valence-electron chi connectivity index (χ0n) is 17.0. The molecule has 0 radical (unpaired) electrons. The van der Waals surface area contributed by atoms with E-state index in [1.165, 1.54) is 32.1 Å². The Morgan fingerprint density at radius 3 is 2.78 bits per heavy atom. The molecule has 2 N–H and O–H groups in total. The highest BCUT2D eigenvalue weighted by molar-refractivity contribution is 14.0. The van der Waals surface area contributed by atoms with Gasteiger partial charge in [-0.15, -0.1) is 24.0 Å². The van der Waals surface area contributed by atoms with Gasteiger partial charge in [0.25, 0.3) is 0 Å². The fourth-order valence-electron chi connectivity index (χ4n) is 4.18. The number of aliphatic imine (C=N–C) groups is 1. The predicted molar refractivity (Wildman–Crippen MR) is 119 cm³/mol. The van der Waals surface area contributed by atoms with Crippen LogP contribution in [0.4, 0.5) is 0 Å². The molecule has 1 fully saturated rings. The molecule has 1 unspecified atom stereocenters. The molecule has 1 aliphatic heterocycles. The number of rotatable bonds is 7. The Morgan fingerprint density at radius 2 is 2.11 bits per heavy atom. The van der Waals surface area contributed by atoms with Crippen LogP contribution in [0.15, 0.2) is 4.99 Å². The van der Waals surface area contributed by atoms with Crippen molar-refractivity contribution in [3.05, 3.63) is 11.6 Å². The van der Waals surface area contributed by atoms with Crippen molar-refractivity contribution in [1.29, 1.82) is 0 Å². The van der Waals surface area contributed by atoms with Crippen LogP contribution in [0, 0.1) is 5.41 Å². The van der Waals surface area contributed by atoms with Crippen molar-refractivity contribution in [2.45, 2.75) is 78.0 Å². The first-order chi connectivity index (χ1) is 12.7. The second-order valence-electron chi connectivity index (χ2n) is 7.70. The number of ether oxygens (including phenoxy) is 1.